The molecule has 4 aromatic rings. The summed E-state index contributed by atoms with van der Waals surface area (Å²) in [7, 11) is 0. The summed E-state index contributed by atoms with van der Waals surface area (Å²) in [5.74, 6) is 0.211. The topological polar surface area (TPSA) is 110 Å². The van der Waals surface area contributed by atoms with Crippen LogP contribution in [0.5, 0.6) is 5.75 Å². The van der Waals surface area contributed by atoms with Gasteiger partial charge in [-0.3, -0.25) is 4.79 Å². The summed E-state index contributed by atoms with van der Waals surface area (Å²) in [6, 6.07) is 19.5. The van der Waals surface area contributed by atoms with E-state index in [0.717, 1.165) is 44.4 Å². The minimum absolute atomic E-state index is 0.0657. The van der Waals surface area contributed by atoms with E-state index in [2.05, 4.69) is 5.32 Å². The fourth-order valence-corrected chi connectivity index (χ4v) is 5.60. The second-order valence-electron chi connectivity index (χ2n) is 13.3. The van der Waals surface area contributed by atoms with Crippen molar-refractivity contribution in [1.82, 2.24) is 5.32 Å². The van der Waals surface area contributed by atoms with Gasteiger partial charge in [-0.1, -0.05) is 30.3 Å². The molecule has 0 aliphatic rings. The predicted molar refractivity (Wildman–Crippen MR) is 187 cm³/mol. The van der Waals surface area contributed by atoms with Crippen LogP contribution >= 0.6 is 0 Å². The molecule has 9 heteroatoms. The lowest BCUT2D eigenvalue weighted by molar-refractivity contribution is -0.142. The van der Waals surface area contributed by atoms with Crippen molar-refractivity contribution >= 4 is 39.8 Å². The minimum atomic E-state index is -1.18. The molecular weight excluding hydrogens is 614 g/mol. The van der Waals surface area contributed by atoms with Crippen LogP contribution in [0.2, 0.25) is 0 Å². The van der Waals surface area contributed by atoms with E-state index < -0.39 is 22.9 Å². The zero-order valence-electron chi connectivity index (χ0n) is 28.5. The fourth-order valence-electron chi connectivity index (χ4n) is 4.79. The monoisotopic (exact) mass is 659 g/mol. The zero-order valence-corrected chi connectivity index (χ0v) is 29.3. The number of benzene rings is 3. The Kier molecular flexibility index (Phi) is 11.5. The maximum absolute atomic E-state index is 12.8. The summed E-state index contributed by atoms with van der Waals surface area (Å²) in [5.41, 5.74) is 6.19. The highest BCUT2D eigenvalue weighted by Gasteiger charge is 2.24. The van der Waals surface area contributed by atoms with Gasteiger partial charge < -0.3 is 28.5 Å². The van der Waals surface area contributed by atoms with Crippen LogP contribution in [-0.4, -0.2) is 33.6 Å². The lowest BCUT2D eigenvalue weighted by Crippen LogP contribution is -2.32. The van der Waals surface area contributed by atoms with Crippen LogP contribution in [0.25, 0.3) is 27.7 Å². The van der Waals surface area contributed by atoms with E-state index in [9.17, 15) is 14.1 Å². The van der Waals surface area contributed by atoms with Crippen LogP contribution < -0.4 is 10.1 Å². The van der Waals surface area contributed by atoms with Gasteiger partial charge in [0.25, 0.3) is 0 Å². The number of esters is 1. The number of hydrogen-bond acceptors (Lipinski definition) is 7. The predicted octanol–water partition coefficient (Wildman–Crippen LogP) is 8.72. The van der Waals surface area contributed by atoms with Crippen molar-refractivity contribution < 1.29 is 32.8 Å². The molecule has 0 saturated heterocycles. The Labute approximate surface area is 280 Å². The smallest absolute Gasteiger partial charge is 0.407 e. The fraction of sp³-hybridized carbons (Fsp3) is 0.368. The number of carbonyl (C=O) groups excluding carboxylic acids is 2. The number of amides is 1. The molecule has 1 N–H and O–H groups in total. The summed E-state index contributed by atoms with van der Waals surface area (Å²) < 4.78 is 35.3. The normalized spacial score (nSPS) is 12.9. The van der Waals surface area contributed by atoms with Crippen molar-refractivity contribution in [3.8, 4) is 16.9 Å². The third-order valence-electron chi connectivity index (χ3n) is 7.13. The molecule has 0 spiro atoms. The number of rotatable bonds is 11. The molecule has 4 rings (SSSR count). The Morgan fingerprint density at radius 2 is 1.74 bits per heavy atom. The number of hydrogen-bond donors (Lipinski definition) is 1. The number of carbonyl (C=O) groups is 2. The molecular formula is C38H45NO7S. The first-order chi connectivity index (χ1) is 22.1. The number of alkyl carbamates (subject to hydrolysis) is 1. The van der Waals surface area contributed by atoms with Gasteiger partial charge in [0.2, 0.25) is 0 Å². The standard InChI is InChI=1S/C38H45NO7S/c1-9-43-34(40)21-30-14-13-28(25(2)24-47(42)38(6,7)8)20-33(30)45-23-27-18-31-15-16-44-35(31)32(19-27)29-12-10-11-26(17-29)22-39-36(41)46-37(3,4)5/h10-20,24H,9,21-23H2,1-8H3,(H,39,41)/b25-24-. The van der Waals surface area contributed by atoms with Crippen molar-refractivity contribution in [2.24, 2.45) is 0 Å². The molecule has 1 atom stereocenters. The van der Waals surface area contributed by atoms with Crippen molar-refractivity contribution in [2.45, 2.75) is 85.3 Å². The van der Waals surface area contributed by atoms with Crippen LogP contribution in [0.3, 0.4) is 0 Å². The number of ether oxygens (including phenoxy) is 3. The van der Waals surface area contributed by atoms with Crippen molar-refractivity contribution in [1.29, 1.82) is 0 Å². The molecule has 1 amide bonds. The molecule has 1 unspecified atom stereocenters. The summed E-state index contributed by atoms with van der Waals surface area (Å²) in [6.07, 6.45) is 1.25. The van der Waals surface area contributed by atoms with Gasteiger partial charge in [0.1, 0.15) is 33.7 Å². The van der Waals surface area contributed by atoms with Gasteiger partial charge in [-0.2, -0.15) is 0 Å². The van der Waals surface area contributed by atoms with E-state index in [0.29, 0.717) is 24.5 Å². The van der Waals surface area contributed by atoms with Crippen molar-refractivity contribution in [3.63, 3.8) is 0 Å². The van der Waals surface area contributed by atoms with E-state index in [4.69, 9.17) is 18.6 Å². The van der Waals surface area contributed by atoms with Gasteiger partial charge in [0.15, 0.2) is 0 Å². The van der Waals surface area contributed by atoms with E-state index >= 15 is 0 Å². The molecule has 0 fully saturated rings. The van der Waals surface area contributed by atoms with Crippen molar-refractivity contribution in [2.75, 3.05) is 6.61 Å². The first kappa shape index (κ1) is 35.6. The maximum Gasteiger partial charge on any atom is 0.407 e. The molecule has 1 heterocycles. The van der Waals surface area contributed by atoms with Gasteiger partial charge >= 0.3 is 12.1 Å². The lowest BCUT2D eigenvalue weighted by atomic mass is 9.99. The van der Waals surface area contributed by atoms with Crippen LogP contribution in [0.4, 0.5) is 4.79 Å². The van der Waals surface area contributed by atoms with Gasteiger partial charge in [-0.15, -0.1) is 0 Å². The van der Waals surface area contributed by atoms with E-state index in [1.807, 2.05) is 109 Å². The summed E-state index contributed by atoms with van der Waals surface area (Å²) in [5, 5.41) is 5.50. The largest absolute Gasteiger partial charge is 0.611 e. The van der Waals surface area contributed by atoms with E-state index in [-0.39, 0.29) is 23.7 Å². The highest BCUT2D eigenvalue weighted by Crippen LogP contribution is 2.33. The first-order valence-corrected chi connectivity index (χ1v) is 16.9. The molecule has 8 nitrogen and oxygen atoms in total. The Hall–Kier alpha value is -4.21. The van der Waals surface area contributed by atoms with Crippen molar-refractivity contribution in [3.05, 3.63) is 94.6 Å². The van der Waals surface area contributed by atoms with Gasteiger partial charge in [-0.25, -0.2) is 4.79 Å². The Morgan fingerprint density at radius 3 is 2.45 bits per heavy atom. The molecule has 250 valence electrons. The van der Waals surface area contributed by atoms with Crippen LogP contribution in [0.1, 0.15) is 77.6 Å². The second kappa shape index (κ2) is 15.1. The third kappa shape index (κ3) is 10.1. The third-order valence-corrected chi connectivity index (χ3v) is 8.90. The molecule has 1 aromatic heterocycles. The number of furan rings is 1. The second-order valence-corrected chi connectivity index (χ2v) is 15.4. The maximum atomic E-state index is 12.8. The molecule has 3 aromatic carbocycles. The highest BCUT2D eigenvalue weighted by molar-refractivity contribution is 7.95. The van der Waals surface area contributed by atoms with Crippen LogP contribution in [0, 0.1) is 0 Å². The van der Waals surface area contributed by atoms with Gasteiger partial charge in [-0.05, 0) is 119 Å². The Morgan fingerprint density at radius 1 is 0.979 bits per heavy atom. The summed E-state index contributed by atoms with van der Waals surface area (Å²) >= 11 is -1.18. The average molecular weight is 660 g/mol. The Balaban J connectivity index is 1.62. The molecule has 0 bridgehead atoms. The van der Waals surface area contributed by atoms with Gasteiger partial charge in [0, 0.05) is 28.6 Å². The molecule has 47 heavy (non-hydrogen) atoms. The van der Waals surface area contributed by atoms with E-state index in [1.54, 1.807) is 18.6 Å². The number of nitrogens with one attached hydrogen (secondary N) is 1. The minimum Gasteiger partial charge on any atom is -0.611 e. The average Bonchev–Trinajstić information content (AvgIpc) is 3.47. The summed E-state index contributed by atoms with van der Waals surface area (Å²) in [6.45, 7) is 15.8. The molecule has 0 radical (unpaired) electrons. The van der Waals surface area contributed by atoms with Gasteiger partial charge in [0.05, 0.1) is 19.3 Å². The summed E-state index contributed by atoms with van der Waals surface area (Å²) in [4.78, 5) is 24.7. The Bertz CT molecular complexity index is 1740. The number of allylic oxidation sites excluding steroid dienone is 1. The number of fused-ring (bicyclic) bond motifs is 1. The van der Waals surface area contributed by atoms with Crippen LogP contribution in [0.15, 0.2) is 76.8 Å². The zero-order chi connectivity index (χ0) is 34.4. The molecule has 0 aliphatic heterocycles. The molecule has 0 aliphatic carbocycles. The SMILES string of the molecule is CCOC(=O)Cc1ccc(/C(C)=C\[S+]([O-])C(C)(C)C)cc1OCc1cc(-c2cccc(CNC(=O)OC(C)(C)C)c2)c2occc2c1. The first-order valence-electron chi connectivity index (χ1n) is 15.7. The quantitative estimate of drug-likeness (QED) is 0.127. The lowest BCUT2D eigenvalue weighted by Gasteiger charge is -2.21. The van der Waals surface area contributed by atoms with Crippen LogP contribution in [-0.2, 0) is 45.0 Å². The highest BCUT2D eigenvalue weighted by atomic mass is 32.2. The molecule has 0 saturated carbocycles. The van der Waals surface area contributed by atoms with E-state index in [1.165, 1.54) is 0 Å².